The van der Waals surface area contributed by atoms with Crippen molar-refractivity contribution in [1.29, 1.82) is 0 Å². The molecule has 192 valence electrons. The van der Waals surface area contributed by atoms with Crippen molar-refractivity contribution in [2.24, 2.45) is 11.0 Å². The van der Waals surface area contributed by atoms with Crippen LogP contribution < -0.4 is 9.47 Å². The molecule has 8 nitrogen and oxygen atoms in total. The van der Waals surface area contributed by atoms with Crippen LogP contribution in [0.3, 0.4) is 0 Å². The number of likely N-dealkylation sites (tertiary alicyclic amines) is 1. The number of hydrazone groups is 1. The first-order valence-electron chi connectivity index (χ1n) is 12.5. The molecule has 1 amide bonds. The molecule has 36 heavy (non-hydrogen) atoms. The van der Waals surface area contributed by atoms with E-state index < -0.39 is 0 Å². The summed E-state index contributed by atoms with van der Waals surface area (Å²) in [6.07, 6.45) is 1.99. The first-order chi connectivity index (χ1) is 17.4. The number of nitrogens with zero attached hydrogens (tertiary/aromatic N) is 3. The molecular weight excluding hydrogens is 458 g/mol. The van der Waals surface area contributed by atoms with Gasteiger partial charge in [-0.15, -0.1) is 0 Å². The number of benzene rings is 2. The third kappa shape index (κ3) is 5.54. The Morgan fingerprint density at radius 3 is 2.47 bits per heavy atom. The number of hydrogen-bond acceptors (Lipinski definition) is 7. The number of hydrogen-bond donors (Lipinski definition) is 0. The maximum absolute atomic E-state index is 13.6. The van der Waals surface area contributed by atoms with Crippen molar-refractivity contribution in [2.75, 3.05) is 40.5 Å². The highest BCUT2D eigenvalue weighted by atomic mass is 16.5. The fourth-order valence-corrected chi connectivity index (χ4v) is 4.99. The van der Waals surface area contributed by atoms with Gasteiger partial charge in [0.15, 0.2) is 0 Å². The second-order valence-electron chi connectivity index (χ2n) is 9.23. The van der Waals surface area contributed by atoms with Gasteiger partial charge >= 0.3 is 5.97 Å². The van der Waals surface area contributed by atoms with Crippen LogP contribution in [0.2, 0.25) is 0 Å². The quantitative estimate of drug-likeness (QED) is 0.518. The van der Waals surface area contributed by atoms with Gasteiger partial charge in [-0.1, -0.05) is 24.3 Å². The van der Waals surface area contributed by atoms with E-state index in [4.69, 9.17) is 19.3 Å². The van der Waals surface area contributed by atoms with Crippen LogP contribution in [0.4, 0.5) is 0 Å². The monoisotopic (exact) mass is 493 g/mol. The lowest BCUT2D eigenvalue weighted by Gasteiger charge is -2.32. The molecule has 2 aromatic rings. The Morgan fingerprint density at radius 2 is 1.81 bits per heavy atom. The number of methoxy groups -OCH3 is 2. The van der Waals surface area contributed by atoms with Gasteiger partial charge in [0.2, 0.25) is 0 Å². The standard InChI is InChI=1S/C28H35N3O5/c1-5-36-28(33)20-12-14-30(15-13-20)18-27(32)31-25(22-9-7-6-8-19(22)2)17-24(29-31)23-11-10-21(34-3)16-26(23)35-4/h6-11,16,20,25H,5,12-15,17-18H2,1-4H3/t25-/m1/s1. The summed E-state index contributed by atoms with van der Waals surface area (Å²) >= 11 is 0. The number of aryl methyl sites for hydroxylation is 1. The van der Waals surface area contributed by atoms with Crippen LogP contribution in [-0.4, -0.2) is 68.0 Å². The average Bonchev–Trinajstić information content (AvgIpc) is 3.34. The Bertz CT molecular complexity index is 1120. The van der Waals surface area contributed by atoms with Crippen LogP contribution in [0.5, 0.6) is 11.5 Å². The number of ether oxygens (including phenoxy) is 3. The molecule has 2 aliphatic heterocycles. The van der Waals surface area contributed by atoms with Gasteiger partial charge < -0.3 is 14.2 Å². The van der Waals surface area contributed by atoms with E-state index in [9.17, 15) is 9.59 Å². The predicted octanol–water partition coefficient (Wildman–Crippen LogP) is 3.97. The highest BCUT2D eigenvalue weighted by molar-refractivity contribution is 6.05. The van der Waals surface area contributed by atoms with Gasteiger partial charge in [-0.3, -0.25) is 14.5 Å². The minimum absolute atomic E-state index is 0.0553. The van der Waals surface area contributed by atoms with Crippen LogP contribution in [0.25, 0.3) is 0 Å². The second kappa shape index (κ2) is 11.6. The number of rotatable bonds is 8. The summed E-state index contributed by atoms with van der Waals surface area (Å²) in [5, 5.41) is 6.47. The van der Waals surface area contributed by atoms with E-state index in [0.29, 0.717) is 50.5 Å². The molecule has 2 aromatic carbocycles. The van der Waals surface area contributed by atoms with Crippen molar-refractivity contribution in [2.45, 2.75) is 39.2 Å². The second-order valence-corrected chi connectivity index (χ2v) is 9.23. The first kappa shape index (κ1) is 25.7. The smallest absolute Gasteiger partial charge is 0.309 e. The summed E-state index contributed by atoms with van der Waals surface area (Å²) in [6, 6.07) is 13.6. The molecule has 2 heterocycles. The van der Waals surface area contributed by atoms with Gasteiger partial charge in [0.25, 0.3) is 5.91 Å². The molecule has 0 aromatic heterocycles. The molecule has 0 aliphatic carbocycles. The zero-order valence-corrected chi connectivity index (χ0v) is 21.5. The van der Waals surface area contributed by atoms with E-state index >= 15 is 0 Å². The Balaban J connectivity index is 1.55. The lowest BCUT2D eigenvalue weighted by Crippen LogP contribution is -2.43. The first-order valence-corrected chi connectivity index (χ1v) is 12.5. The molecule has 4 rings (SSSR count). The van der Waals surface area contributed by atoms with Gasteiger partial charge in [0.1, 0.15) is 11.5 Å². The average molecular weight is 494 g/mol. The Kier molecular flexibility index (Phi) is 8.25. The highest BCUT2D eigenvalue weighted by Crippen LogP contribution is 2.37. The Hall–Kier alpha value is -3.39. The number of esters is 1. The lowest BCUT2D eigenvalue weighted by molar-refractivity contribution is -0.149. The summed E-state index contributed by atoms with van der Waals surface area (Å²) in [6.45, 7) is 5.90. The summed E-state index contributed by atoms with van der Waals surface area (Å²) in [4.78, 5) is 27.8. The minimum atomic E-state index is -0.197. The van der Waals surface area contributed by atoms with Crippen molar-refractivity contribution < 1.29 is 23.8 Å². The van der Waals surface area contributed by atoms with Crippen LogP contribution >= 0.6 is 0 Å². The zero-order chi connectivity index (χ0) is 25.7. The molecule has 2 aliphatic rings. The molecule has 1 atom stereocenters. The van der Waals surface area contributed by atoms with Gasteiger partial charge in [0.05, 0.1) is 45.0 Å². The van der Waals surface area contributed by atoms with Crippen LogP contribution in [0.15, 0.2) is 47.6 Å². The van der Waals surface area contributed by atoms with Crippen LogP contribution in [-0.2, 0) is 14.3 Å². The molecule has 1 saturated heterocycles. The lowest BCUT2D eigenvalue weighted by atomic mass is 9.94. The summed E-state index contributed by atoms with van der Waals surface area (Å²) in [5.41, 5.74) is 3.85. The molecule has 8 heteroatoms. The highest BCUT2D eigenvalue weighted by Gasteiger charge is 2.36. The molecule has 0 unspecified atom stereocenters. The van der Waals surface area contributed by atoms with E-state index in [-0.39, 0.29) is 30.4 Å². The van der Waals surface area contributed by atoms with E-state index in [0.717, 1.165) is 22.4 Å². The van der Waals surface area contributed by atoms with Gasteiger partial charge in [0, 0.05) is 18.1 Å². The van der Waals surface area contributed by atoms with E-state index in [1.54, 1.807) is 19.2 Å². The summed E-state index contributed by atoms with van der Waals surface area (Å²) < 4.78 is 16.1. The summed E-state index contributed by atoms with van der Waals surface area (Å²) in [7, 11) is 3.24. The van der Waals surface area contributed by atoms with E-state index in [1.807, 2.05) is 37.3 Å². The van der Waals surface area contributed by atoms with E-state index in [1.165, 1.54) is 0 Å². The maximum Gasteiger partial charge on any atom is 0.309 e. The Labute approximate surface area is 212 Å². The molecule has 0 radical (unpaired) electrons. The van der Waals surface area contributed by atoms with Crippen molar-refractivity contribution in [3.63, 3.8) is 0 Å². The fourth-order valence-electron chi connectivity index (χ4n) is 4.99. The molecule has 0 saturated carbocycles. The van der Waals surface area contributed by atoms with Gasteiger partial charge in [-0.2, -0.15) is 5.10 Å². The molecule has 0 N–H and O–H groups in total. The third-order valence-electron chi connectivity index (χ3n) is 7.00. The maximum atomic E-state index is 13.6. The molecule has 0 spiro atoms. The number of amides is 1. The van der Waals surface area contributed by atoms with Crippen molar-refractivity contribution in [3.05, 3.63) is 59.2 Å². The zero-order valence-electron chi connectivity index (χ0n) is 21.5. The largest absolute Gasteiger partial charge is 0.497 e. The Morgan fingerprint density at radius 1 is 1.06 bits per heavy atom. The van der Waals surface area contributed by atoms with Crippen LogP contribution in [0, 0.1) is 12.8 Å². The van der Waals surface area contributed by atoms with Gasteiger partial charge in [-0.05, 0) is 63.0 Å². The van der Waals surface area contributed by atoms with Crippen LogP contribution in [0.1, 0.15) is 48.9 Å². The minimum Gasteiger partial charge on any atom is -0.497 e. The van der Waals surface area contributed by atoms with Crippen molar-refractivity contribution >= 4 is 17.6 Å². The fraction of sp³-hybridized carbons (Fsp3) is 0.464. The number of piperidine rings is 1. The third-order valence-corrected chi connectivity index (χ3v) is 7.00. The van der Waals surface area contributed by atoms with E-state index in [2.05, 4.69) is 24.0 Å². The number of carbonyl (C=O) groups excluding carboxylic acids is 2. The predicted molar refractivity (Wildman–Crippen MR) is 137 cm³/mol. The topological polar surface area (TPSA) is 80.7 Å². The number of carbonyl (C=O) groups is 2. The molecular formula is C28H35N3O5. The summed E-state index contributed by atoms with van der Waals surface area (Å²) in [5.74, 6) is 1.08. The van der Waals surface area contributed by atoms with Crippen molar-refractivity contribution in [1.82, 2.24) is 9.91 Å². The molecule has 0 bridgehead atoms. The molecule has 1 fully saturated rings. The SMILES string of the molecule is CCOC(=O)C1CCN(CC(=O)N2N=C(c3ccc(OC)cc3OC)C[C@@H]2c2ccccc2C)CC1. The van der Waals surface area contributed by atoms with Gasteiger partial charge in [-0.25, -0.2) is 5.01 Å². The normalized spacial score (nSPS) is 18.6. The van der Waals surface area contributed by atoms with Crippen molar-refractivity contribution in [3.8, 4) is 11.5 Å².